The number of amides is 1. The summed E-state index contributed by atoms with van der Waals surface area (Å²) in [6.07, 6.45) is 6.01. The minimum atomic E-state index is 0.132. The van der Waals surface area contributed by atoms with Crippen LogP contribution in [0.1, 0.15) is 32.1 Å². The maximum atomic E-state index is 12.8. The molecule has 0 atom stereocenters. The minimum absolute atomic E-state index is 0.132. The van der Waals surface area contributed by atoms with Crippen molar-refractivity contribution in [2.24, 2.45) is 5.92 Å². The Morgan fingerprint density at radius 1 is 0.964 bits per heavy atom. The Labute approximate surface area is 165 Å². The average molecular weight is 374 g/mol. The number of para-hydroxylation sites is 1. The smallest absolute Gasteiger partial charge is 0.227 e. The number of nitrogens with one attached hydrogen (secondary N) is 2. The van der Waals surface area contributed by atoms with Gasteiger partial charge in [0.25, 0.3) is 0 Å². The number of aromatic nitrogens is 1. The Hall–Kier alpha value is -2.59. The Kier molecular flexibility index (Phi) is 4.65. The van der Waals surface area contributed by atoms with E-state index in [0.29, 0.717) is 0 Å². The predicted molar refractivity (Wildman–Crippen MR) is 114 cm³/mol. The van der Waals surface area contributed by atoms with Crippen LogP contribution in [0.4, 0.5) is 5.69 Å². The number of anilines is 1. The van der Waals surface area contributed by atoms with Crippen LogP contribution in [0.3, 0.4) is 0 Å². The Morgan fingerprint density at radius 3 is 2.54 bits per heavy atom. The van der Waals surface area contributed by atoms with Gasteiger partial charge in [0.05, 0.1) is 0 Å². The molecule has 144 valence electrons. The van der Waals surface area contributed by atoms with Crippen LogP contribution in [-0.2, 0) is 4.79 Å². The fourth-order valence-corrected chi connectivity index (χ4v) is 4.52. The number of carbonyl (C=O) groups excluding carboxylic acids is 1. The molecule has 2 fully saturated rings. The van der Waals surface area contributed by atoms with E-state index in [9.17, 15) is 4.79 Å². The van der Waals surface area contributed by atoms with Crippen molar-refractivity contribution < 1.29 is 4.79 Å². The van der Waals surface area contributed by atoms with Crippen LogP contribution in [0.15, 0.2) is 54.6 Å². The summed E-state index contributed by atoms with van der Waals surface area (Å²) in [6, 6.07) is 19.4. The molecule has 2 aromatic carbocycles. The molecule has 2 aliphatic rings. The van der Waals surface area contributed by atoms with Gasteiger partial charge in [-0.15, -0.1) is 0 Å². The van der Waals surface area contributed by atoms with E-state index in [0.717, 1.165) is 54.4 Å². The number of hydrogen-bond donors (Lipinski definition) is 2. The van der Waals surface area contributed by atoms with Gasteiger partial charge in [-0.05, 0) is 63.0 Å². The third kappa shape index (κ3) is 3.45. The summed E-state index contributed by atoms with van der Waals surface area (Å²) in [5, 5.41) is 4.36. The summed E-state index contributed by atoms with van der Waals surface area (Å²) >= 11 is 0. The van der Waals surface area contributed by atoms with E-state index in [1.807, 2.05) is 24.3 Å². The number of piperidine rings is 1. The standard InChI is InChI=1S/C24H27N3O/c28-24(17-11-13-27(14-12-17)21-8-4-9-21)25-20-7-3-6-18(15-20)23-16-19-5-1-2-10-22(19)26-23/h1-3,5-7,10,15-17,21,26H,4,8-9,11-14H2,(H,25,28). The first-order chi connectivity index (χ1) is 13.8. The van der Waals surface area contributed by atoms with Gasteiger partial charge < -0.3 is 15.2 Å². The molecule has 1 aliphatic heterocycles. The van der Waals surface area contributed by atoms with Crippen LogP contribution in [0.25, 0.3) is 22.2 Å². The number of nitrogens with zero attached hydrogens (tertiary/aromatic N) is 1. The first-order valence-corrected chi connectivity index (χ1v) is 10.5. The first kappa shape index (κ1) is 17.5. The van der Waals surface area contributed by atoms with Crippen LogP contribution in [0.2, 0.25) is 0 Å². The quantitative estimate of drug-likeness (QED) is 0.673. The van der Waals surface area contributed by atoms with Gasteiger partial charge in [-0.2, -0.15) is 0 Å². The summed E-state index contributed by atoms with van der Waals surface area (Å²) in [4.78, 5) is 18.8. The first-order valence-electron chi connectivity index (χ1n) is 10.5. The molecule has 1 saturated carbocycles. The van der Waals surface area contributed by atoms with Crippen molar-refractivity contribution in [1.29, 1.82) is 0 Å². The van der Waals surface area contributed by atoms with Crippen molar-refractivity contribution in [2.75, 3.05) is 18.4 Å². The number of rotatable bonds is 4. The molecule has 2 heterocycles. The van der Waals surface area contributed by atoms with Crippen LogP contribution < -0.4 is 5.32 Å². The third-order valence-corrected chi connectivity index (χ3v) is 6.46. The molecule has 0 bridgehead atoms. The van der Waals surface area contributed by atoms with Crippen LogP contribution in [-0.4, -0.2) is 34.9 Å². The minimum Gasteiger partial charge on any atom is -0.355 e. The Balaban J connectivity index is 1.25. The van der Waals surface area contributed by atoms with E-state index in [2.05, 4.69) is 45.5 Å². The topological polar surface area (TPSA) is 48.1 Å². The molecule has 3 aromatic rings. The van der Waals surface area contributed by atoms with Crippen molar-refractivity contribution >= 4 is 22.5 Å². The average Bonchev–Trinajstić information content (AvgIpc) is 3.12. The van der Waals surface area contributed by atoms with E-state index in [4.69, 9.17) is 0 Å². The van der Waals surface area contributed by atoms with E-state index in [1.165, 1.54) is 24.6 Å². The largest absolute Gasteiger partial charge is 0.355 e. The highest BCUT2D eigenvalue weighted by molar-refractivity contribution is 5.93. The number of carbonyl (C=O) groups is 1. The second-order valence-corrected chi connectivity index (χ2v) is 8.24. The molecule has 5 rings (SSSR count). The molecule has 28 heavy (non-hydrogen) atoms. The molecule has 1 aromatic heterocycles. The lowest BCUT2D eigenvalue weighted by Gasteiger charge is -2.41. The zero-order valence-corrected chi connectivity index (χ0v) is 16.2. The highest BCUT2D eigenvalue weighted by Gasteiger charge is 2.31. The molecule has 1 saturated heterocycles. The van der Waals surface area contributed by atoms with Crippen LogP contribution in [0, 0.1) is 5.92 Å². The molecule has 4 heteroatoms. The lowest BCUT2D eigenvalue weighted by molar-refractivity contribution is -0.121. The van der Waals surface area contributed by atoms with Crippen molar-refractivity contribution in [3.8, 4) is 11.3 Å². The van der Waals surface area contributed by atoms with Crippen molar-refractivity contribution in [3.63, 3.8) is 0 Å². The maximum absolute atomic E-state index is 12.8. The number of fused-ring (bicyclic) bond motifs is 1. The number of likely N-dealkylation sites (tertiary alicyclic amines) is 1. The van der Waals surface area contributed by atoms with Gasteiger partial charge in [-0.25, -0.2) is 0 Å². The number of H-pyrrole nitrogens is 1. The molecule has 0 spiro atoms. The molecule has 0 unspecified atom stereocenters. The molecular weight excluding hydrogens is 346 g/mol. The monoisotopic (exact) mass is 373 g/mol. The normalized spacial score (nSPS) is 18.9. The second kappa shape index (κ2) is 7.44. The van der Waals surface area contributed by atoms with Gasteiger partial charge in [0.15, 0.2) is 0 Å². The zero-order valence-electron chi connectivity index (χ0n) is 16.2. The Bertz CT molecular complexity index is 947. The lowest BCUT2D eigenvalue weighted by atomic mass is 9.87. The van der Waals surface area contributed by atoms with E-state index >= 15 is 0 Å². The summed E-state index contributed by atoms with van der Waals surface area (Å²) in [5.74, 6) is 0.301. The number of hydrogen-bond acceptors (Lipinski definition) is 2. The maximum Gasteiger partial charge on any atom is 0.227 e. The van der Waals surface area contributed by atoms with E-state index in [1.54, 1.807) is 0 Å². The number of aromatic amines is 1. The van der Waals surface area contributed by atoms with Gasteiger partial charge in [0.1, 0.15) is 0 Å². The van der Waals surface area contributed by atoms with Gasteiger partial charge >= 0.3 is 0 Å². The third-order valence-electron chi connectivity index (χ3n) is 6.46. The SMILES string of the molecule is O=C(Nc1cccc(-c2cc3ccccc3[nH]2)c1)C1CCN(C2CCC2)CC1. The summed E-state index contributed by atoms with van der Waals surface area (Å²) in [5.41, 5.74) is 4.17. The zero-order chi connectivity index (χ0) is 18.9. The van der Waals surface area contributed by atoms with E-state index in [-0.39, 0.29) is 11.8 Å². The van der Waals surface area contributed by atoms with Gasteiger partial charge in [-0.1, -0.05) is 36.8 Å². The van der Waals surface area contributed by atoms with Crippen LogP contribution in [0.5, 0.6) is 0 Å². The van der Waals surface area contributed by atoms with Crippen molar-refractivity contribution in [3.05, 3.63) is 54.6 Å². The highest BCUT2D eigenvalue weighted by Crippen LogP contribution is 2.30. The van der Waals surface area contributed by atoms with Crippen molar-refractivity contribution in [2.45, 2.75) is 38.1 Å². The molecule has 1 amide bonds. The highest BCUT2D eigenvalue weighted by atomic mass is 16.1. The fourth-order valence-electron chi connectivity index (χ4n) is 4.52. The fraction of sp³-hybridized carbons (Fsp3) is 0.375. The van der Waals surface area contributed by atoms with E-state index < -0.39 is 0 Å². The van der Waals surface area contributed by atoms with Crippen molar-refractivity contribution in [1.82, 2.24) is 9.88 Å². The predicted octanol–water partition coefficient (Wildman–Crippen LogP) is 5.04. The van der Waals surface area contributed by atoms with Gasteiger partial charge in [0.2, 0.25) is 5.91 Å². The van der Waals surface area contributed by atoms with Gasteiger partial charge in [-0.3, -0.25) is 4.79 Å². The Morgan fingerprint density at radius 2 is 1.79 bits per heavy atom. The summed E-state index contributed by atoms with van der Waals surface area (Å²) < 4.78 is 0. The summed E-state index contributed by atoms with van der Waals surface area (Å²) in [6.45, 7) is 2.13. The van der Waals surface area contributed by atoms with Gasteiger partial charge in [0, 0.05) is 39.8 Å². The molecule has 2 N–H and O–H groups in total. The van der Waals surface area contributed by atoms with Crippen LogP contribution >= 0.6 is 0 Å². The lowest BCUT2D eigenvalue weighted by Crippen LogP contribution is -2.46. The molecule has 1 aliphatic carbocycles. The molecular formula is C24H27N3O. The number of benzene rings is 2. The summed E-state index contributed by atoms with van der Waals surface area (Å²) in [7, 11) is 0. The second-order valence-electron chi connectivity index (χ2n) is 8.24. The molecule has 4 nitrogen and oxygen atoms in total. The molecule has 0 radical (unpaired) electrons.